The highest BCUT2D eigenvalue weighted by Gasteiger charge is 2.11. The van der Waals surface area contributed by atoms with Crippen molar-refractivity contribution in [3.8, 4) is 11.3 Å². The molecule has 0 saturated heterocycles. The van der Waals surface area contributed by atoms with E-state index in [1.807, 2.05) is 0 Å². The number of pyridine rings is 1. The standard InChI is InChI=1S/C20H15N3O4/c24-12-13-5-10-16(21-11-13)14-6-8-15(9-7-14)19(25)22-17-3-1-2-4-18(17)23-20(26)27/h1-12,23H,(H,22,25)(H,26,27). The van der Waals surface area contributed by atoms with Crippen LogP contribution in [0.5, 0.6) is 0 Å². The van der Waals surface area contributed by atoms with Crippen LogP contribution in [0.1, 0.15) is 20.7 Å². The normalized spacial score (nSPS) is 10.1. The van der Waals surface area contributed by atoms with E-state index in [0.717, 1.165) is 11.8 Å². The van der Waals surface area contributed by atoms with E-state index in [0.29, 0.717) is 22.5 Å². The van der Waals surface area contributed by atoms with Crippen LogP contribution in [0.3, 0.4) is 0 Å². The number of aldehydes is 1. The largest absolute Gasteiger partial charge is 0.465 e. The SMILES string of the molecule is O=Cc1ccc(-c2ccc(C(=O)Nc3ccccc3NC(=O)O)cc2)nc1. The summed E-state index contributed by atoms with van der Waals surface area (Å²) >= 11 is 0. The monoisotopic (exact) mass is 361 g/mol. The second kappa shape index (κ2) is 7.92. The second-order valence-electron chi connectivity index (χ2n) is 5.60. The molecule has 1 aromatic heterocycles. The zero-order valence-electron chi connectivity index (χ0n) is 14.0. The molecule has 0 saturated carbocycles. The third kappa shape index (κ3) is 4.35. The quantitative estimate of drug-likeness (QED) is 0.597. The maximum absolute atomic E-state index is 12.4. The second-order valence-corrected chi connectivity index (χ2v) is 5.60. The molecule has 0 unspecified atom stereocenters. The molecule has 3 N–H and O–H groups in total. The summed E-state index contributed by atoms with van der Waals surface area (Å²) in [7, 11) is 0. The molecule has 134 valence electrons. The van der Waals surface area contributed by atoms with Crippen LogP contribution in [-0.2, 0) is 0 Å². The Bertz CT molecular complexity index is 983. The Labute approximate surface area is 154 Å². The van der Waals surface area contributed by atoms with Gasteiger partial charge in [-0.1, -0.05) is 24.3 Å². The van der Waals surface area contributed by atoms with Crippen molar-refractivity contribution in [2.24, 2.45) is 0 Å². The number of amides is 2. The molecule has 0 fully saturated rings. The smallest absolute Gasteiger partial charge is 0.409 e. The molecule has 27 heavy (non-hydrogen) atoms. The summed E-state index contributed by atoms with van der Waals surface area (Å²) in [5, 5.41) is 13.8. The fourth-order valence-corrected chi connectivity index (χ4v) is 2.45. The molecule has 0 atom stereocenters. The fraction of sp³-hybridized carbons (Fsp3) is 0. The highest BCUT2D eigenvalue weighted by molar-refractivity contribution is 6.07. The molecular weight excluding hydrogens is 346 g/mol. The molecular formula is C20H15N3O4. The van der Waals surface area contributed by atoms with E-state index in [1.54, 1.807) is 60.7 Å². The van der Waals surface area contributed by atoms with Gasteiger partial charge in [0, 0.05) is 22.9 Å². The summed E-state index contributed by atoms with van der Waals surface area (Å²) in [6, 6.07) is 16.7. The average Bonchev–Trinajstić information content (AvgIpc) is 2.69. The van der Waals surface area contributed by atoms with Crippen molar-refractivity contribution in [3.05, 3.63) is 78.0 Å². The lowest BCUT2D eigenvalue weighted by Crippen LogP contribution is -2.15. The van der Waals surface area contributed by atoms with Crippen molar-refractivity contribution in [2.45, 2.75) is 0 Å². The average molecular weight is 361 g/mol. The number of nitrogens with zero attached hydrogens (tertiary/aromatic N) is 1. The first-order valence-electron chi connectivity index (χ1n) is 7.99. The summed E-state index contributed by atoms with van der Waals surface area (Å²) in [6.45, 7) is 0. The number of carbonyl (C=O) groups is 3. The molecule has 1 heterocycles. The van der Waals surface area contributed by atoms with Crippen molar-refractivity contribution in [1.82, 2.24) is 4.98 Å². The third-order valence-corrected chi connectivity index (χ3v) is 3.78. The molecule has 7 nitrogen and oxygen atoms in total. The van der Waals surface area contributed by atoms with Gasteiger partial charge in [-0.05, 0) is 36.4 Å². The van der Waals surface area contributed by atoms with Gasteiger partial charge in [0.25, 0.3) is 5.91 Å². The Kier molecular flexibility index (Phi) is 5.22. The van der Waals surface area contributed by atoms with Gasteiger partial charge in [-0.25, -0.2) is 4.79 Å². The Morgan fingerprint density at radius 1 is 0.889 bits per heavy atom. The van der Waals surface area contributed by atoms with Crippen LogP contribution >= 0.6 is 0 Å². The van der Waals surface area contributed by atoms with Gasteiger partial charge in [0.05, 0.1) is 17.1 Å². The van der Waals surface area contributed by atoms with Crippen molar-refractivity contribution < 1.29 is 19.5 Å². The Morgan fingerprint density at radius 3 is 2.11 bits per heavy atom. The Balaban J connectivity index is 1.76. The van der Waals surface area contributed by atoms with E-state index in [4.69, 9.17) is 5.11 Å². The first-order chi connectivity index (χ1) is 13.1. The van der Waals surface area contributed by atoms with Crippen LogP contribution in [0.2, 0.25) is 0 Å². The van der Waals surface area contributed by atoms with E-state index in [9.17, 15) is 14.4 Å². The van der Waals surface area contributed by atoms with Gasteiger partial charge >= 0.3 is 6.09 Å². The Hall–Kier alpha value is -4.00. The topological polar surface area (TPSA) is 108 Å². The molecule has 0 aliphatic rings. The number of anilines is 2. The van der Waals surface area contributed by atoms with Gasteiger partial charge in [-0.2, -0.15) is 0 Å². The molecule has 0 bridgehead atoms. The molecule has 0 aliphatic carbocycles. The lowest BCUT2D eigenvalue weighted by molar-refractivity contribution is 0.102. The number of hydrogen-bond donors (Lipinski definition) is 3. The van der Waals surface area contributed by atoms with Crippen LogP contribution in [0.4, 0.5) is 16.2 Å². The summed E-state index contributed by atoms with van der Waals surface area (Å²) in [5.41, 5.74) is 3.03. The minimum absolute atomic E-state index is 0.287. The van der Waals surface area contributed by atoms with Crippen LogP contribution < -0.4 is 10.6 Å². The van der Waals surface area contributed by atoms with Crippen molar-refractivity contribution in [2.75, 3.05) is 10.6 Å². The number of para-hydroxylation sites is 2. The molecule has 0 spiro atoms. The van der Waals surface area contributed by atoms with Gasteiger partial charge in [-0.3, -0.25) is 19.9 Å². The predicted octanol–water partition coefficient (Wildman–Crippen LogP) is 3.90. The first kappa shape index (κ1) is 17.8. The summed E-state index contributed by atoms with van der Waals surface area (Å²) in [4.78, 5) is 38.2. The lowest BCUT2D eigenvalue weighted by atomic mass is 10.1. The molecule has 0 aliphatic heterocycles. The van der Waals surface area contributed by atoms with Crippen molar-refractivity contribution in [3.63, 3.8) is 0 Å². The summed E-state index contributed by atoms with van der Waals surface area (Å²) < 4.78 is 0. The molecule has 3 rings (SSSR count). The number of aromatic nitrogens is 1. The highest BCUT2D eigenvalue weighted by Crippen LogP contribution is 2.22. The lowest BCUT2D eigenvalue weighted by Gasteiger charge is -2.11. The molecule has 2 amide bonds. The number of carbonyl (C=O) groups excluding carboxylic acids is 2. The van der Waals surface area contributed by atoms with Crippen molar-refractivity contribution >= 4 is 29.7 Å². The maximum Gasteiger partial charge on any atom is 0.409 e. The zero-order valence-corrected chi connectivity index (χ0v) is 14.0. The maximum atomic E-state index is 12.4. The molecule has 2 aromatic carbocycles. The predicted molar refractivity (Wildman–Crippen MR) is 101 cm³/mol. The van der Waals surface area contributed by atoms with Crippen LogP contribution in [0, 0.1) is 0 Å². The highest BCUT2D eigenvalue weighted by atomic mass is 16.4. The summed E-state index contributed by atoms with van der Waals surface area (Å²) in [6.07, 6.45) is 0.991. The molecule has 3 aromatic rings. The van der Waals surface area contributed by atoms with Crippen LogP contribution in [-0.4, -0.2) is 28.4 Å². The van der Waals surface area contributed by atoms with E-state index in [2.05, 4.69) is 15.6 Å². The Morgan fingerprint density at radius 2 is 1.56 bits per heavy atom. The molecule has 7 heteroatoms. The fourth-order valence-electron chi connectivity index (χ4n) is 2.45. The number of nitrogens with one attached hydrogen (secondary N) is 2. The minimum Gasteiger partial charge on any atom is -0.465 e. The van der Waals surface area contributed by atoms with E-state index in [1.165, 1.54) is 6.20 Å². The van der Waals surface area contributed by atoms with Crippen LogP contribution in [0.15, 0.2) is 66.9 Å². The van der Waals surface area contributed by atoms with Gasteiger partial charge in [0.2, 0.25) is 0 Å². The minimum atomic E-state index is -1.21. The van der Waals surface area contributed by atoms with E-state index < -0.39 is 6.09 Å². The number of hydrogen-bond acceptors (Lipinski definition) is 4. The number of rotatable bonds is 5. The van der Waals surface area contributed by atoms with Crippen LogP contribution in [0.25, 0.3) is 11.3 Å². The molecule has 0 radical (unpaired) electrons. The number of benzene rings is 2. The van der Waals surface area contributed by atoms with E-state index >= 15 is 0 Å². The third-order valence-electron chi connectivity index (χ3n) is 3.78. The summed E-state index contributed by atoms with van der Waals surface area (Å²) in [5.74, 6) is -0.370. The van der Waals surface area contributed by atoms with Gasteiger partial charge in [0.1, 0.15) is 0 Å². The zero-order chi connectivity index (χ0) is 19.2. The van der Waals surface area contributed by atoms with Gasteiger partial charge < -0.3 is 10.4 Å². The van der Waals surface area contributed by atoms with Gasteiger partial charge in [0.15, 0.2) is 6.29 Å². The van der Waals surface area contributed by atoms with E-state index in [-0.39, 0.29) is 11.6 Å². The van der Waals surface area contributed by atoms with Gasteiger partial charge in [-0.15, -0.1) is 0 Å². The number of carboxylic acid groups (broad SMARTS) is 1. The van der Waals surface area contributed by atoms with Crippen molar-refractivity contribution in [1.29, 1.82) is 0 Å². The first-order valence-corrected chi connectivity index (χ1v) is 7.99.